The monoisotopic (exact) mass is 322 g/mol. The van der Waals surface area contributed by atoms with Gasteiger partial charge < -0.3 is 4.57 Å². The predicted molar refractivity (Wildman–Crippen MR) is 88.3 cm³/mol. The Kier molecular flexibility index (Phi) is 4.31. The lowest BCUT2D eigenvalue weighted by Crippen LogP contribution is -2.08. The molecule has 0 saturated carbocycles. The van der Waals surface area contributed by atoms with Crippen LogP contribution in [0.4, 0.5) is 0 Å². The van der Waals surface area contributed by atoms with Crippen LogP contribution in [0.2, 0.25) is 0 Å². The van der Waals surface area contributed by atoms with Gasteiger partial charge in [-0.2, -0.15) is 5.10 Å². The molecule has 112 valence electrons. The van der Waals surface area contributed by atoms with Gasteiger partial charge in [-0.05, 0) is 17.9 Å². The minimum atomic E-state index is 0.588. The van der Waals surface area contributed by atoms with Crippen molar-refractivity contribution in [1.29, 1.82) is 0 Å². The van der Waals surface area contributed by atoms with Crippen LogP contribution in [0.5, 0.6) is 0 Å². The molecule has 0 atom stereocenters. The molecule has 0 aromatic carbocycles. The molecule has 21 heavy (non-hydrogen) atoms. The number of aryl methyl sites for hydroxylation is 3. The average molecular weight is 323 g/mol. The second-order valence-electron chi connectivity index (χ2n) is 5.13. The van der Waals surface area contributed by atoms with Crippen LogP contribution in [0, 0.1) is 0 Å². The van der Waals surface area contributed by atoms with Gasteiger partial charge in [0.15, 0.2) is 5.65 Å². The Bertz CT molecular complexity index is 727. The van der Waals surface area contributed by atoms with E-state index in [0.717, 1.165) is 48.5 Å². The molecule has 0 N–H and O–H groups in total. The summed E-state index contributed by atoms with van der Waals surface area (Å²) in [6, 6.07) is 4.24. The Morgan fingerprint density at radius 3 is 2.86 bits per heavy atom. The number of rotatable bonds is 6. The fraction of sp³-hybridized carbons (Fsp3) is 0.467. The summed E-state index contributed by atoms with van der Waals surface area (Å²) in [5, 5.41) is 6.74. The SMILES string of the molecule is CCCc1nn(C)c2c1nc(CCCl)n2Cc1cccs1. The third-order valence-electron chi connectivity index (χ3n) is 3.57. The molecule has 4 nitrogen and oxygen atoms in total. The van der Waals surface area contributed by atoms with Crippen LogP contribution in [-0.2, 0) is 26.4 Å². The number of aromatic nitrogens is 4. The summed E-state index contributed by atoms with van der Waals surface area (Å²) >= 11 is 7.72. The molecule has 0 radical (unpaired) electrons. The summed E-state index contributed by atoms with van der Waals surface area (Å²) in [5.74, 6) is 1.64. The first-order valence-electron chi connectivity index (χ1n) is 7.24. The molecular formula is C15H19ClN4S. The lowest BCUT2D eigenvalue weighted by Gasteiger charge is -2.07. The van der Waals surface area contributed by atoms with Crippen molar-refractivity contribution in [2.45, 2.75) is 32.7 Å². The van der Waals surface area contributed by atoms with Crippen molar-refractivity contribution >= 4 is 34.1 Å². The van der Waals surface area contributed by atoms with E-state index in [1.54, 1.807) is 11.3 Å². The lowest BCUT2D eigenvalue weighted by molar-refractivity contribution is 0.688. The molecule has 0 spiro atoms. The molecule has 3 heterocycles. The molecule has 0 aliphatic heterocycles. The Hall–Kier alpha value is -1.33. The zero-order valence-electron chi connectivity index (χ0n) is 12.3. The molecule has 3 rings (SSSR count). The molecule has 3 aromatic heterocycles. The predicted octanol–water partition coefficient (Wildman–Crippen LogP) is 3.61. The van der Waals surface area contributed by atoms with Crippen LogP contribution in [0.25, 0.3) is 11.2 Å². The zero-order chi connectivity index (χ0) is 14.8. The quantitative estimate of drug-likeness (QED) is 0.650. The lowest BCUT2D eigenvalue weighted by atomic mass is 10.2. The number of hydrogen-bond donors (Lipinski definition) is 0. The molecule has 0 aliphatic rings. The Morgan fingerprint density at radius 1 is 1.33 bits per heavy atom. The minimum Gasteiger partial charge on any atom is -0.308 e. The normalized spacial score (nSPS) is 11.6. The average Bonchev–Trinajstić information content (AvgIpc) is 3.13. The van der Waals surface area contributed by atoms with Gasteiger partial charge in [0, 0.05) is 24.2 Å². The standard InChI is InChI=1S/C15H19ClN4S/c1-3-5-12-14-15(19(2)18-12)20(13(17-14)7-8-16)10-11-6-4-9-21-11/h4,6,9H,3,5,7-8,10H2,1-2H3. The molecule has 0 bridgehead atoms. The van der Waals surface area contributed by atoms with E-state index in [2.05, 4.69) is 34.1 Å². The van der Waals surface area contributed by atoms with Crippen molar-refractivity contribution in [1.82, 2.24) is 19.3 Å². The highest BCUT2D eigenvalue weighted by Crippen LogP contribution is 2.23. The van der Waals surface area contributed by atoms with Crippen molar-refractivity contribution in [3.63, 3.8) is 0 Å². The van der Waals surface area contributed by atoms with Gasteiger partial charge in [0.1, 0.15) is 11.3 Å². The second-order valence-corrected chi connectivity index (χ2v) is 6.54. The number of alkyl halides is 1. The van der Waals surface area contributed by atoms with Crippen LogP contribution in [0.3, 0.4) is 0 Å². The summed E-state index contributed by atoms with van der Waals surface area (Å²) in [5.41, 5.74) is 3.23. The first-order valence-corrected chi connectivity index (χ1v) is 8.65. The first-order chi connectivity index (χ1) is 10.2. The molecule has 0 fully saturated rings. The summed E-state index contributed by atoms with van der Waals surface area (Å²) in [6.45, 7) is 3.01. The fourth-order valence-electron chi connectivity index (χ4n) is 2.69. The van der Waals surface area contributed by atoms with E-state index >= 15 is 0 Å². The number of nitrogens with zero attached hydrogens (tertiary/aromatic N) is 4. The van der Waals surface area contributed by atoms with Crippen LogP contribution in [-0.4, -0.2) is 25.2 Å². The number of imidazole rings is 1. The maximum absolute atomic E-state index is 5.95. The van der Waals surface area contributed by atoms with Crippen molar-refractivity contribution in [3.8, 4) is 0 Å². The van der Waals surface area contributed by atoms with Gasteiger partial charge in [-0.15, -0.1) is 22.9 Å². The van der Waals surface area contributed by atoms with Gasteiger partial charge in [-0.3, -0.25) is 4.68 Å². The number of thiophene rings is 1. The van der Waals surface area contributed by atoms with Crippen LogP contribution >= 0.6 is 22.9 Å². The van der Waals surface area contributed by atoms with E-state index in [1.807, 2.05) is 11.7 Å². The largest absolute Gasteiger partial charge is 0.308 e. The van der Waals surface area contributed by atoms with Crippen LogP contribution in [0.1, 0.15) is 29.7 Å². The van der Waals surface area contributed by atoms with Crippen LogP contribution < -0.4 is 0 Å². The maximum atomic E-state index is 5.95. The summed E-state index contributed by atoms with van der Waals surface area (Å²) in [6.07, 6.45) is 2.83. The van der Waals surface area contributed by atoms with E-state index in [9.17, 15) is 0 Å². The molecule has 0 amide bonds. The van der Waals surface area contributed by atoms with E-state index in [4.69, 9.17) is 16.6 Å². The highest BCUT2D eigenvalue weighted by Gasteiger charge is 2.18. The van der Waals surface area contributed by atoms with Crippen molar-refractivity contribution in [2.24, 2.45) is 7.05 Å². The maximum Gasteiger partial charge on any atom is 0.159 e. The Labute approximate surface area is 133 Å². The van der Waals surface area contributed by atoms with E-state index < -0.39 is 0 Å². The zero-order valence-corrected chi connectivity index (χ0v) is 13.9. The van der Waals surface area contributed by atoms with E-state index in [0.29, 0.717) is 5.88 Å². The third-order valence-corrected chi connectivity index (χ3v) is 4.62. The summed E-state index contributed by atoms with van der Waals surface area (Å²) < 4.78 is 4.22. The fourth-order valence-corrected chi connectivity index (χ4v) is 3.55. The topological polar surface area (TPSA) is 35.6 Å². The van der Waals surface area contributed by atoms with Gasteiger partial charge in [-0.1, -0.05) is 19.4 Å². The van der Waals surface area contributed by atoms with E-state index in [-0.39, 0.29) is 0 Å². The van der Waals surface area contributed by atoms with Gasteiger partial charge in [0.2, 0.25) is 0 Å². The molecule has 6 heteroatoms. The van der Waals surface area contributed by atoms with Crippen molar-refractivity contribution in [2.75, 3.05) is 5.88 Å². The Morgan fingerprint density at radius 2 is 2.19 bits per heavy atom. The smallest absolute Gasteiger partial charge is 0.159 e. The molecule has 0 aliphatic carbocycles. The van der Waals surface area contributed by atoms with Crippen molar-refractivity contribution < 1.29 is 0 Å². The highest BCUT2D eigenvalue weighted by molar-refractivity contribution is 7.09. The van der Waals surface area contributed by atoms with Gasteiger partial charge >= 0.3 is 0 Å². The number of hydrogen-bond acceptors (Lipinski definition) is 3. The number of fused-ring (bicyclic) bond motifs is 1. The minimum absolute atomic E-state index is 0.588. The van der Waals surface area contributed by atoms with Gasteiger partial charge in [0.25, 0.3) is 0 Å². The summed E-state index contributed by atoms with van der Waals surface area (Å²) in [7, 11) is 2.00. The first kappa shape index (κ1) is 14.6. The van der Waals surface area contributed by atoms with Crippen molar-refractivity contribution in [3.05, 3.63) is 33.9 Å². The molecule has 0 saturated heterocycles. The third kappa shape index (κ3) is 2.72. The molecular weight excluding hydrogens is 304 g/mol. The van der Waals surface area contributed by atoms with Crippen LogP contribution in [0.15, 0.2) is 17.5 Å². The highest BCUT2D eigenvalue weighted by atomic mass is 35.5. The van der Waals surface area contributed by atoms with Gasteiger partial charge in [0.05, 0.1) is 12.2 Å². The summed E-state index contributed by atoms with van der Waals surface area (Å²) in [4.78, 5) is 6.14. The molecule has 3 aromatic rings. The van der Waals surface area contributed by atoms with E-state index in [1.165, 1.54) is 4.88 Å². The second kappa shape index (κ2) is 6.20. The van der Waals surface area contributed by atoms with Gasteiger partial charge in [-0.25, -0.2) is 4.98 Å². The Balaban J connectivity index is 2.12. The number of halogens is 1. The molecule has 0 unspecified atom stereocenters.